The predicted molar refractivity (Wildman–Crippen MR) is 96.8 cm³/mol. The quantitative estimate of drug-likeness (QED) is 0.705. The first kappa shape index (κ1) is 17.5. The number of amides is 2. The van der Waals surface area contributed by atoms with Crippen LogP contribution in [0.15, 0.2) is 57.7 Å². The largest absolute Gasteiger partial charge is 0.419 e. The fraction of sp³-hybridized carbons (Fsp3) is 0.211. The van der Waals surface area contributed by atoms with Crippen molar-refractivity contribution in [3.05, 3.63) is 70.2 Å². The summed E-state index contributed by atoms with van der Waals surface area (Å²) in [5.74, 6) is -0.792. The van der Waals surface area contributed by atoms with E-state index in [1.54, 1.807) is 49.5 Å². The Morgan fingerprint density at radius 2 is 1.81 bits per heavy atom. The Labute approximate surface area is 149 Å². The van der Waals surface area contributed by atoms with Crippen molar-refractivity contribution in [1.29, 1.82) is 0 Å². The molecule has 0 aliphatic rings. The highest BCUT2D eigenvalue weighted by molar-refractivity contribution is 5.93. The molecular formula is C19H19N3O4. The topological polar surface area (TPSA) is 93.3 Å². The monoisotopic (exact) mass is 353 g/mol. The van der Waals surface area contributed by atoms with E-state index in [0.29, 0.717) is 23.2 Å². The number of benzene rings is 2. The number of carbonyl (C=O) groups is 2. The van der Waals surface area contributed by atoms with E-state index in [0.717, 1.165) is 5.56 Å². The maximum Gasteiger partial charge on any atom is 0.419 e. The molecule has 134 valence electrons. The van der Waals surface area contributed by atoms with Crippen LogP contribution < -0.4 is 16.4 Å². The number of nitrogens with zero attached hydrogens (tertiary/aromatic N) is 1. The van der Waals surface area contributed by atoms with Gasteiger partial charge in [-0.05, 0) is 29.8 Å². The number of nitrogens with one attached hydrogen (secondary N) is 2. The first-order valence-corrected chi connectivity index (χ1v) is 8.24. The third-order valence-electron chi connectivity index (χ3n) is 4.07. The summed E-state index contributed by atoms with van der Waals surface area (Å²) in [6.45, 7) is 0.602. The van der Waals surface area contributed by atoms with Gasteiger partial charge in [0.15, 0.2) is 5.58 Å². The fourth-order valence-corrected chi connectivity index (χ4v) is 2.65. The Morgan fingerprint density at radius 3 is 2.54 bits per heavy atom. The van der Waals surface area contributed by atoms with Crippen LogP contribution in [-0.2, 0) is 17.9 Å². The third-order valence-corrected chi connectivity index (χ3v) is 4.07. The second-order valence-electron chi connectivity index (χ2n) is 5.79. The van der Waals surface area contributed by atoms with Crippen LogP contribution in [0, 0.1) is 0 Å². The van der Waals surface area contributed by atoms with E-state index in [1.165, 1.54) is 4.57 Å². The summed E-state index contributed by atoms with van der Waals surface area (Å²) < 4.78 is 6.59. The van der Waals surface area contributed by atoms with Gasteiger partial charge in [0.2, 0.25) is 5.91 Å². The summed E-state index contributed by atoms with van der Waals surface area (Å²) in [7, 11) is 1.57. The molecule has 3 aromatic rings. The van der Waals surface area contributed by atoms with Gasteiger partial charge >= 0.3 is 5.76 Å². The number of rotatable bonds is 6. The van der Waals surface area contributed by atoms with Crippen molar-refractivity contribution in [3.63, 3.8) is 0 Å². The van der Waals surface area contributed by atoms with Crippen LogP contribution in [0.1, 0.15) is 22.3 Å². The summed E-state index contributed by atoms with van der Waals surface area (Å²) in [6, 6.07) is 14.1. The lowest BCUT2D eigenvalue weighted by Crippen LogP contribution is -2.25. The van der Waals surface area contributed by atoms with Crippen LogP contribution in [0.4, 0.5) is 0 Å². The smallest absolute Gasteiger partial charge is 0.408 e. The minimum Gasteiger partial charge on any atom is -0.408 e. The molecule has 0 atom stereocenters. The molecule has 0 radical (unpaired) electrons. The zero-order valence-corrected chi connectivity index (χ0v) is 14.3. The lowest BCUT2D eigenvalue weighted by Gasteiger charge is -2.07. The lowest BCUT2D eigenvalue weighted by atomic mass is 10.1. The number of aryl methyl sites for hydroxylation is 1. The summed E-state index contributed by atoms with van der Waals surface area (Å²) in [4.78, 5) is 35.4. The summed E-state index contributed by atoms with van der Waals surface area (Å²) in [6.07, 6.45) is 0.166. The van der Waals surface area contributed by atoms with Gasteiger partial charge in [0.05, 0.1) is 5.52 Å². The number of hydrogen-bond donors (Lipinski definition) is 2. The average Bonchev–Trinajstić information content (AvgIpc) is 2.99. The maximum atomic E-state index is 12.1. The van der Waals surface area contributed by atoms with Gasteiger partial charge in [0, 0.05) is 32.1 Å². The Morgan fingerprint density at radius 1 is 1.08 bits per heavy atom. The Hall–Kier alpha value is -3.35. The van der Waals surface area contributed by atoms with E-state index in [1.807, 2.05) is 6.07 Å². The molecule has 0 unspecified atom stereocenters. The zero-order valence-electron chi connectivity index (χ0n) is 14.3. The molecule has 0 saturated carbocycles. The van der Waals surface area contributed by atoms with Gasteiger partial charge in [-0.15, -0.1) is 0 Å². The number of fused-ring (bicyclic) bond motifs is 1. The molecule has 7 heteroatoms. The van der Waals surface area contributed by atoms with Crippen molar-refractivity contribution >= 4 is 22.9 Å². The molecule has 26 heavy (non-hydrogen) atoms. The molecular weight excluding hydrogens is 334 g/mol. The molecule has 0 aliphatic heterocycles. The van der Waals surface area contributed by atoms with Gasteiger partial charge < -0.3 is 15.1 Å². The Balaban J connectivity index is 1.55. The second kappa shape index (κ2) is 7.69. The maximum absolute atomic E-state index is 12.1. The van der Waals surface area contributed by atoms with Crippen molar-refractivity contribution < 1.29 is 14.0 Å². The Kier molecular flexibility index (Phi) is 5.17. The number of para-hydroxylation sites is 2. The molecule has 7 nitrogen and oxygen atoms in total. The van der Waals surface area contributed by atoms with Crippen molar-refractivity contribution in [2.45, 2.75) is 19.5 Å². The third kappa shape index (κ3) is 3.83. The predicted octanol–water partition coefficient (Wildman–Crippen LogP) is 1.66. The fourth-order valence-electron chi connectivity index (χ4n) is 2.65. The minimum atomic E-state index is -0.469. The molecule has 1 heterocycles. The molecule has 0 spiro atoms. The highest BCUT2D eigenvalue weighted by Gasteiger charge is 2.10. The molecule has 0 fully saturated rings. The van der Waals surface area contributed by atoms with E-state index in [9.17, 15) is 14.4 Å². The number of hydrogen-bond acceptors (Lipinski definition) is 4. The molecule has 0 saturated heterocycles. The van der Waals surface area contributed by atoms with E-state index < -0.39 is 5.76 Å². The molecule has 0 aliphatic carbocycles. The lowest BCUT2D eigenvalue weighted by molar-refractivity contribution is -0.121. The summed E-state index contributed by atoms with van der Waals surface area (Å²) in [5, 5.41) is 5.36. The average molecular weight is 353 g/mol. The molecule has 2 N–H and O–H groups in total. The normalized spacial score (nSPS) is 10.7. The molecule has 1 aromatic heterocycles. The van der Waals surface area contributed by atoms with Gasteiger partial charge in [-0.25, -0.2) is 4.79 Å². The Bertz CT molecular complexity index is 986. The van der Waals surface area contributed by atoms with Crippen molar-refractivity contribution in [2.24, 2.45) is 0 Å². The van der Waals surface area contributed by atoms with Crippen LogP contribution in [-0.4, -0.2) is 23.4 Å². The highest BCUT2D eigenvalue weighted by Crippen LogP contribution is 2.12. The van der Waals surface area contributed by atoms with Crippen molar-refractivity contribution in [2.75, 3.05) is 7.05 Å². The van der Waals surface area contributed by atoms with Crippen LogP contribution >= 0.6 is 0 Å². The molecule has 0 bridgehead atoms. The van der Waals surface area contributed by atoms with Crippen LogP contribution in [0.2, 0.25) is 0 Å². The summed E-state index contributed by atoms with van der Waals surface area (Å²) >= 11 is 0. The highest BCUT2D eigenvalue weighted by atomic mass is 16.4. The van der Waals surface area contributed by atoms with Crippen LogP contribution in [0.25, 0.3) is 11.1 Å². The molecule has 2 amide bonds. The van der Waals surface area contributed by atoms with E-state index in [2.05, 4.69) is 10.6 Å². The van der Waals surface area contributed by atoms with E-state index >= 15 is 0 Å². The van der Waals surface area contributed by atoms with Gasteiger partial charge in [0.25, 0.3) is 5.91 Å². The van der Waals surface area contributed by atoms with Crippen LogP contribution in [0.5, 0.6) is 0 Å². The van der Waals surface area contributed by atoms with Gasteiger partial charge in [-0.2, -0.15) is 0 Å². The van der Waals surface area contributed by atoms with Crippen molar-refractivity contribution in [3.8, 4) is 0 Å². The molecule has 3 rings (SSSR count). The van der Waals surface area contributed by atoms with E-state index in [-0.39, 0.29) is 24.8 Å². The standard InChI is InChI=1S/C19H19N3O4/c1-20-18(24)14-8-6-13(7-9-14)12-21-17(23)10-11-22-15-4-2-3-5-16(15)26-19(22)25/h2-9H,10-12H2,1H3,(H,20,24)(H,21,23). The summed E-state index contributed by atoms with van der Waals surface area (Å²) in [5.41, 5.74) is 2.63. The number of carbonyl (C=O) groups excluding carboxylic acids is 2. The SMILES string of the molecule is CNC(=O)c1ccc(CNC(=O)CCn2c(=O)oc3ccccc32)cc1. The first-order chi connectivity index (χ1) is 12.6. The first-order valence-electron chi connectivity index (χ1n) is 8.24. The molecule has 2 aromatic carbocycles. The number of aromatic nitrogens is 1. The van der Waals surface area contributed by atoms with E-state index in [4.69, 9.17) is 4.42 Å². The number of oxazole rings is 1. The van der Waals surface area contributed by atoms with Crippen LogP contribution in [0.3, 0.4) is 0 Å². The second-order valence-corrected chi connectivity index (χ2v) is 5.79. The minimum absolute atomic E-state index is 0.154. The van der Waals surface area contributed by atoms with Gasteiger partial charge in [0.1, 0.15) is 0 Å². The van der Waals surface area contributed by atoms with Gasteiger partial charge in [-0.1, -0.05) is 24.3 Å². The zero-order chi connectivity index (χ0) is 18.5. The van der Waals surface area contributed by atoms with Crippen molar-refractivity contribution in [1.82, 2.24) is 15.2 Å². The van der Waals surface area contributed by atoms with Gasteiger partial charge in [-0.3, -0.25) is 14.2 Å².